The maximum atomic E-state index is 10.6. The van der Waals surface area contributed by atoms with E-state index in [0.29, 0.717) is 6.42 Å². The number of aliphatic hydroxyl groups is 1. The summed E-state index contributed by atoms with van der Waals surface area (Å²) in [5, 5.41) is 10.6. The van der Waals surface area contributed by atoms with Crippen LogP contribution in [0.15, 0.2) is 18.2 Å². The lowest BCUT2D eigenvalue weighted by Crippen LogP contribution is -2.29. The van der Waals surface area contributed by atoms with Gasteiger partial charge >= 0.3 is 0 Å². The summed E-state index contributed by atoms with van der Waals surface area (Å²) in [6.45, 7) is 10.1. The number of hydrogen-bond acceptors (Lipinski definition) is 2. The van der Waals surface area contributed by atoms with Crippen molar-refractivity contribution in [3.63, 3.8) is 0 Å². The molecule has 1 aromatic rings. The Morgan fingerprint density at radius 2 is 1.50 bits per heavy atom. The molecule has 0 fully saturated rings. The Balaban J connectivity index is 2.85. The van der Waals surface area contributed by atoms with E-state index in [1.54, 1.807) is 7.11 Å². The molecule has 0 aliphatic rings. The molecule has 1 unspecified atom stereocenters. The van der Waals surface area contributed by atoms with Crippen molar-refractivity contribution in [3.05, 3.63) is 34.9 Å². The van der Waals surface area contributed by atoms with Gasteiger partial charge in [-0.05, 0) is 53.0 Å². The predicted octanol–water partition coefficient (Wildman–Crippen LogP) is 3.72. The highest BCUT2D eigenvalue weighted by Gasteiger charge is 2.27. The normalized spacial score (nSPS) is 15.5. The molecule has 2 nitrogen and oxygen atoms in total. The average molecular weight is 250 g/mol. The molecule has 0 spiro atoms. The molecule has 1 rings (SSSR count). The average Bonchev–Trinajstić information content (AvgIpc) is 2.25. The topological polar surface area (TPSA) is 29.5 Å². The van der Waals surface area contributed by atoms with Crippen molar-refractivity contribution in [2.24, 2.45) is 0 Å². The van der Waals surface area contributed by atoms with Gasteiger partial charge in [-0.3, -0.25) is 0 Å². The molecule has 0 aromatic heterocycles. The molecule has 2 heteroatoms. The van der Waals surface area contributed by atoms with Crippen molar-refractivity contribution in [1.29, 1.82) is 0 Å². The first-order valence-corrected chi connectivity index (χ1v) is 6.53. The minimum absolute atomic E-state index is 0.192. The van der Waals surface area contributed by atoms with Gasteiger partial charge in [-0.2, -0.15) is 0 Å². The number of aryl methyl sites for hydroxylation is 2. The zero-order valence-corrected chi connectivity index (χ0v) is 12.5. The van der Waals surface area contributed by atoms with Crippen LogP contribution in [0.4, 0.5) is 0 Å². The van der Waals surface area contributed by atoms with Gasteiger partial charge in [-0.15, -0.1) is 0 Å². The first kappa shape index (κ1) is 15.2. The first-order chi connectivity index (χ1) is 8.16. The maximum Gasteiger partial charge on any atom is 0.0869 e. The fourth-order valence-electron chi connectivity index (χ4n) is 2.08. The molecule has 0 bridgehead atoms. The summed E-state index contributed by atoms with van der Waals surface area (Å²) in [5.74, 6) is 0. The smallest absolute Gasteiger partial charge is 0.0869 e. The highest BCUT2D eigenvalue weighted by atomic mass is 16.5. The van der Waals surface area contributed by atoms with Crippen LogP contribution >= 0.6 is 0 Å². The third-order valence-corrected chi connectivity index (χ3v) is 3.61. The van der Waals surface area contributed by atoms with Gasteiger partial charge in [0.2, 0.25) is 0 Å². The second kappa shape index (κ2) is 5.41. The zero-order chi connectivity index (χ0) is 14.0. The standard InChI is InChI=1S/C16H26O2/c1-12-9-13(2)11-14(10-12)16(5,17)8-7-15(3,4)18-6/h9-11,17H,7-8H2,1-6H3. The third kappa shape index (κ3) is 4.11. The van der Waals surface area contributed by atoms with Gasteiger partial charge in [0, 0.05) is 7.11 Å². The van der Waals surface area contributed by atoms with Crippen molar-refractivity contribution in [3.8, 4) is 0 Å². The molecule has 0 aliphatic heterocycles. The minimum atomic E-state index is -0.799. The van der Waals surface area contributed by atoms with E-state index in [0.717, 1.165) is 12.0 Å². The second-order valence-corrected chi connectivity index (χ2v) is 6.11. The summed E-state index contributed by atoms with van der Waals surface area (Å²) in [7, 11) is 1.71. The number of methoxy groups -OCH3 is 1. The fraction of sp³-hybridized carbons (Fsp3) is 0.625. The number of benzene rings is 1. The predicted molar refractivity (Wildman–Crippen MR) is 75.8 cm³/mol. The molecule has 1 atom stereocenters. The Bertz CT molecular complexity index is 385. The largest absolute Gasteiger partial charge is 0.385 e. The lowest BCUT2D eigenvalue weighted by molar-refractivity contribution is -0.0211. The third-order valence-electron chi connectivity index (χ3n) is 3.61. The summed E-state index contributed by atoms with van der Waals surface area (Å²) < 4.78 is 5.41. The fourth-order valence-corrected chi connectivity index (χ4v) is 2.08. The molecule has 102 valence electrons. The van der Waals surface area contributed by atoms with Gasteiger partial charge in [0.25, 0.3) is 0 Å². The molecule has 1 aromatic carbocycles. The quantitative estimate of drug-likeness (QED) is 0.863. The van der Waals surface area contributed by atoms with Crippen LogP contribution < -0.4 is 0 Å². The summed E-state index contributed by atoms with van der Waals surface area (Å²) >= 11 is 0. The van der Waals surface area contributed by atoms with Crippen LogP contribution in [0.1, 0.15) is 50.3 Å². The highest BCUT2D eigenvalue weighted by molar-refractivity contribution is 5.32. The van der Waals surface area contributed by atoms with Crippen molar-refractivity contribution < 1.29 is 9.84 Å². The lowest BCUT2D eigenvalue weighted by atomic mass is 9.86. The molecule has 0 amide bonds. The first-order valence-electron chi connectivity index (χ1n) is 6.53. The molecule has 0 saturated carbocycles. The van der Waals surface area contributed by atoms with E-state index in [4.69, 9.17) is 4.74 Å². The molecule has 0 radical (unpaired) electrons. The molecule has 0 heterocycles. The van der Waals surface area contributed by atoms with E-state index in [-0.39, 0.29) is 5.60 Å². The monoisotopic (exact) mass is 250 g/mol. The van der Waals surface area contributed by atoms with Gasteiger partial charge in [0.1, 0.15) is 0 Å². The van der Waals surface area contributed by atoms with Crippen molar-refractivity contribution in [2.45, 2.75) is 58.7 Å². The van der Waals surface area contributed by atoms with Gasteiger partial charge in [-0.25, -0.2) is 0 Å². The van der Waals surface area contributed by atoms with Gasteiger partial charge in [-0.1, -0.05) is 29.3 Å². The SMILES string of the molecule is COC(C)(C)CCC(C)(O)c1cc(C)cc(C)c1. The van der Waals surface area contributed by atoms with Gasteiger partial charge in [0.15, 0.2) is 0 Å². The summed E-state index contributed by atoms with van der Waals surface area (Å²) in [4.78, 5) is 0. The van der Waals surface area contributed by atoms with Crippen molar-refractivity contribution >= 4 is 0 Å². The molecule has 18 heavy (non-hydrogen) atoms. The van der Waals surface area contributed by atoms with Gasteiger partial charge in [0.05, 0.1) is 11.2 Å². The van der Waals surface area contributed by atoms with Crippen LogP contribution in [-0.4, -0.2) is 17.8 Å². The molecular weight excluding hydrogens is 224 g/mol. The van der Waals surface area contributed by atoms with E-state index < -0.39 is 5.60 Å². The Kier molecular flexibility index (Phi) is 4.57. The van der Waals surface area contributed by atoms with Crippen LogP contribution in [0, 0.1) is 13.8 Å². The number of rotatable bonds is 5. The molecule has 0 aliphatic carbocycles. The molecule has 1 N–H and O–H groups in total. The van der Waals surface area contributed by atoms with E-state index in [1.807, 2.05) is 20.8 Å². The summed E-state index contributed by atoms with van der Waals surface area (Å²) in [6.07, 6.45) is 1.51. The zero-order valence-electron chi connectivity index (χ0n) is 12.5. The Hall–Kier alpha value is -0.860. The Morgan fingerprint density at radius 3 is 1.94 bits per heavy atom. The molecule has 0 saturated heterocycles. The Labute approximate surface area is 111 Å². The van der Waals surface area contributed by atoms with E-state index in [9.17, 15) is 5.11 Å². The van der Waals surface area contributed by atoms with Crippen LogP contribution in [0.25, 0.3) is 0 Å². The highest BCUT2D eigenvalue weighted by Crippen LogP contribution is 2.30. The summed E-state index contributed by atoms with van der Waals surface area (Å²) in [6, 6.07) is 6.25. The second-order valence-electron chi connectivity index (χ2n) is 6.11. The van der Waals surface area contributed by atoms with Crippen LogP contribution in [-0.2, 0) is 10.3 Å². The van der Waals surface area contributed by atoms with E-state index in [1.165, 1.54) is 11.1 Å². The van der Waals surface area contributed by atoms with E-state index in [2.05, 4.69) is 32.0 Å². The van der Waals surface area contributed by atoms with E-state index >= 15 is 0 Å². The maximum absolute atomic E-state index is 10.6. The molecular formula is C16H26O2. The number of ether oxygens (including phenoxy) is 1. The minimum Gasteiger partial charge on any atom is -0.385 e. The van der Waals surface area contributed by atoms with Crippen molar-refractivity contribution in [1.82, 2.24) is 0 Å². The Morgan fingerprint density at radius 1 is 1.00 bits per heavy atom. The lowest BCUT2D eigenvalue weighted by Gasteiger charge is -2.30. The van der Waals surface area contributed by atoms with Crippen molar-refractivity contribution in [2.75, 3.05) is 7.11 Å². The van der Waals surface area contributed by atoms with Crippen LogP contribution in [0.2, 0.25) is 0 Å². The van der Waals surface area contributed by atoms with Crippen LogP contribution in [0.3, 0.4) is 0 Å². The summed E-state index contributed by atoms with van der Waals surface area (Å²) in [5.41, 5.74) is 2.38. The number of hydrogen-bond donors (Lipinski definition) is 1. The van der Waals surface area contributed by atoms with Crippen LogP contribution in [0.5, 0.6) is 0 Å². The van der Waals surface area contributed by atoms with Gasteiger partial charge < -0.3 is 9.84 Å².